The zero-order valence-corrected chi connectivity index (χ0v) is 11.3. The Kier molecular flexibility index (Phi) is 5.37. The molecule has 1 unspecified atom stereocenters. The highest BCUT2D eigenvalue weighted by Crippen LogP contribution is 2.10. The van der Waals surface area contributed by atoms with Crippen LogP contribution in [0.15, 0.2) is 6.20 Å². The molecule has 1 heterocycles. The molecule has 2 amide bonds. The summed E-state index contributed by atoms with van der Waals surface area (Å²) in [6.45, 7) is 4.70. The summed E-state index contributed by atoms with van der Waals surface area (Å²) in [5.74, 6) is 0. The van der Waals surface area contributed by atoms with Gasteiger partial charge in [-0.2, -0.15) is 0 Å². The highest BCUT2D eigenvalue weighted by Gasteiger charge is 2.09. The summed E-state index contributed by atoms with van der Waals surface area (Å²) in [4.78, 5) is 18.4. The van der Waals surface area contributed by atoms with Gasteiger partial charge in [0.1, 0.15) is 0 Å². The molecule has 1 atom stereocenters. The van der Waals surface area contributed by atoms with Crippen molar-refractivity contribution in [2.75, 3.05) is 13.6 Å². The van der Waals surface area contributed by atoms with Gasteiger partial charge < -0.3 is 15.3 Å². The number of nitrogens with one attached hydrogen (secondary N) is 1. The molecule has 0 radical (unpaired) electrons. The van der Waals surface area contributed by atoms with Gasteiger partial charge in [-0.25, -0.2) is 9.78 Å². The minimum Gasteiger partial charge on any atom is -0.393 e. The van der Waals surface area contributed by atoms with Gasteiger partial charge in [0, 0.05) is 24.7 Å². The van der Waals surface area contributed by atoms with Crippen LogP contribution >= 0.6 is 11.3 Å². The van der Waals surface area contributed by atoms with Crippen LogP contribution in [-0.2, 0) is 6.54 Å². The first-order chi connectivity index (χ1) is 7.99. The minimum atomic E-state index is -0.380. The van der Waals surface area contributed by atoms with Gasteiger partial charge >= 0.3 is 6.03 Å². The van der Waals surface area contributed by atoms with Crippen molar-refractivity contribution >= 4 is 17.4 Å². The largest absolute Gasteiger partial charge is 0.393 e. The van der Waals surface area contributed by atoms with E-state index in [1.165, 1.54) is 0 Å². The molecule has 1 aromatic rings. The Morgan fingerprint density at radius 2 is 2.41 bits per heavy atom. The fourth-order valence-corrected chi connectivity index (χ4v) is 2.00. The lowest BCUT2D eigenvalue weighted by Gasteiger charge is -2.18. The highest BCUT2D eigenvalue weighted by atomic mass is 32.1. The molecular weight excluding hydrogens is 238 g/mol. The lowest BCUT2D eigenvalue weighted by molar-refractivity contribution is 0.163. The Bertz CT molecular complexity index is 365. The van der Waals surface area contributed by atoms with Crippen molar-refractivity contribution in [1.82, 2.24) is 15.2 Å². The maximum atomic E-state index is 11.7. The molecule has 0 spiro atoms. The fraction of sp³-hybridized carbons (Fsp3) is 0.636. The van der Waals surface area contributed by atoms with E-state index in [0.717, 1.165) is 9.88 Å². The van der Waals surface area contributed by atoms with Crippen molar-refractivity contribution in [1.29, 1.82) is 0 Å². The van der Waals surface area contributed by atoms with Gasteiger partial charge in [-0.3, -0.25) is 0 Å². The number of carbonyl (C=O) groups excluding carboxylic acids is 1. The van der Waals surface area contributed by atoms with E-state index in [1.54, 1.807) is 36.4 Å². The Hall–Kier alpha value is -1.14. The van der Waals surface area contributed by atoms with E-state index in [4.69, 9.17) is 5.11 Å². The van der Waals surface area contributed by atoms with Crippen molar-refractivity contribution in [2.24, 2.45) is 0 Å². The van der Waals surface area contributed by atoms with E-state index >= 15 is 0 Å². The van der Waals surface area contributed by atoms with Crippen LogP contribution in [0.25, 0.3) is 0 Å². The van der Waals surface area contributed by atoms with Crippen molar-refractivity contribution in [3.8, 4) is 0 Å². The first kappa shape index (κ1) is 13.9. The van der Waals surface area contributed by atoms with Crippen LogP contribution in [0.2, 0.25) is 0 Å². The van der Waals surface area contributed by atoms with E-state index < -0.39 is 0 Å². The number of hydrogen-bond donors (Lipinski definition) is 2. The average molecular weight is 257 g/mol. The molecule has 1 aromatic heterocycles. The number of urea groups is 1. The number of nitrogens with zero attached hydrogens (tertiary/aromatic N) is 2. The standard InChI is InChI=1S/C11H19N3O2S/c1-8(15)4-5-14(3)11(16)13-7-10-6-12-9(2)17-10/h6,8,15H,4-5,7H2,1-3H3,(H,13,16). The lowest BCUT2D eigenvalue weighted by atomic mass is 10.3. The zero-order valence-electron chi connectivity index (χ0n) is 10.4. The van der Waals surface area contributed by atoms with Gasteiger partial charge in [0.15, 0.2) is 0 Å². The Balaban J connectivity index is 2.29. The molecule has 0 bridgehead atoms. The number of carbonyl (C=O) groups is 1. The molecule has 0 fully saturated rings. The second kappa shape index (κ2) is 6.56. The molecular formula is C11H19N3O2S. The van der Waals surface area contributed by atoms with E-state index in [-0.39, 0.29) is 12.1 Å². The molecule has 96 valence electrons. The summed E-state index contributed by atoms with van der Waals surface area (Å²) in [6.07, 6.45) is 1.98. The average Bonchev–Trinajstić information content (AvgIpc) is 2.68. The predicted octanol–water partition coefficient (Wildman–Crippen LogP) is 1.36. The third kappa shape index (κ3) is 5.14. The van der Waals surface area contributed by atoms with Gasteiger partial charge in [0.25, 0.3) is 0 Å². The van der Waals surface area contributed by atoms with Crippen LogP contribution in [0, 0.1) is 6.92 Å². The summed E-state index contributed by atoms with van der Waals surface area (Å²) in [6, 6.07) is -0.128. The SMILES string of the molecule is Cc1ncc(CNC(=O)N(C)CCC(C)O)s1. The second-order valence-corrected chi connectivity index (χ2v) is 5.38. The smallest absolute Gasteiger partial charge is 0.317 e. The fourth-order valence-electron chi connectivity index (χ4n) is 1.27. The first-order valence-corrected chi connectivity index (χ1v) is 6.39. The number of hydrogen-bond acceptors (Lipinski definition) is 4. The summed E-state index contributed by atoms with van der Waals surface area (Å²) in [5.41, 5.74) is 0. The maximum absolute atomic E-state index is 11.7. The van der Waals surface area contributed by atoms with Crippen LogP contribution in [0.1, 0.15) is 23.2 Å². The van der Waals surface area contributed by atoms with Crippen LogP contribution in [0.4, 0.5) is 4.79 Å². The van der Waals surface area contributed by atoms with Gasteiger partial charge in [-0.05, 0) is 20.3 Å². The predicted molar refractivity (Wildman–Crippen MR) is 68.0 cm³/mol. The number of aliphatic hydroxyl groups is 1. The number of aromatic nitrogens is 1. The molecule has 17 heavy (non-hydrogen) atoms. The number of aryl methyl sites for hydroxylation is 1. The van der Waals surface area contributed by atoms with Gasteiger partial charge in [-0.1, -0.05) is 0 Å². The van der Waals surface area contributed by atoms with E-state index in [9.17, 15) is 4.79 Å². The number of rotatable bonds is 5. The normalized spacial score (nSPS) is 12.2. The molecule has 0 aliphatic rings. The summed E-state index contributed by atoms with van der Waals surface area (Å²) < 4.78 is 0. The van der Waals surface area contributed by atoms with E-state index in [1.807, 2.05) is 6.92 Å². The molecule has 0 aliphatic heterocycles. The van der Waals surface area contributed by atoms with Crippen LogP contribution in [0.5, 0.6) is 0 Å². The third-order valence-corrected chi connectivity index (χ3v) is 3.22. The minimum absolute atomic E-state index is 0.128. The quantitative estimate of drug-likeness (QED) is 0.837. The van der Waals surface area contributed by atoms with Crippen LogP contribution in [-0.4, -0.2) is 40.7 Å². The topological polar surface area (TPSA) is 65.5 Å². The lowest BCUT2D eigenvalue weighted by Crippen LogP contribution is -2.38. The zero-order chi connectivity index (χ0) is 12.8. The maximum Gasteiger partial charge on any atom is 0.317 e. The molecule has 6 heteroatoms. The number of amides is 2. The third-order valence-electron chi connectivity index (χ3n) is 2.31. The Morgan fingerprint density at radius 1 is 1.71 bits per heavy atom. The monoisotopic (exact) mass is 257 g/mol. The molecule has 1 rings (SSSR count). The Labute approximate surface area is 105 Å². The molecule has 2 N–H and O–H groups in total. The van der Waals surface area contributed by atoms with Crippen molar-refractivity contribution in [3.05, 3.63) is 16.1 Å². The van der Waals surface area contributed by atoms with E-state index in [2.05, 4.69) is 10.3 Å². The first-order valence-electron chi connectivity index (χ1n) is 5.57. The van der Waals surface area contributed by atoms with Crippen molar-refractivity contribution in [2.45, 2.75) is 32.9 Å². The van der Waals surface area contributed by atoms with Crippen molar-refractivity contribution < 1.29 is 9.90 Å². The molecule has 0 aliphatic carbocycles. The highest BCUT2D eigenvalue weighted by molar-refractivity contribution is 7.11. The Morgan fingerprint density at radius 3 is 2.94 bits per heavy atom. The van der Waals surface area contributed by atoms with Crippen molar-refractivity contribution in [3.63, 3.8) is 0 Å². The molecule has 0 saturated heterocycles. The van der Waals surface area contributed by atoms with Crippen LogP contribution < -0.4 is 5.32 Å². The molecule has 0 saturated carbocycles. The summed E-state index contributed by atoms with van der Waals surface area (Å²) in [5, 5.41) is 12.9. The number of thiazole rings is 1. The molecule has 5 nitrogen and oxygen atoms in total. The van der Waals surface area contributed by atoms with Gasteiger partial charge in [0.2, 0.25) is 0 Å². The molecule has 0 aromatic carbocycles. The van der Waals surface area contributed by atoms with Gasteiger partial charge in [-0.15, -0.1) is 11.3 Å². The summed E-state index contributed by atoms with van der Waals surface area (Å²) >= 11 is 1.58. The van der Waals surface area contributed by atoms with E-state index in [0.29, 0.717) is 19.5 Å². The second-order valence-electron chi connectivity index (χ2n) is 4.06. The summed E-state index contributed by atoms with van der Waals surface area (Å²) in [7, 11) is 1.72. The van der Waals surface area contributed by atoms with Gasteiger partial charge in [0.05, 0.1) is 17.7 Å². The number of aliphatic hydroxyl groups excluding tert-OH is 1. The van der Waals surface area contributed by atoms with Crippen LogP contribution in [0.3, 0.4) is 0 Å².